The van der Waals surface area contributed by atoms with Crippen LogP contribution in [0.1, 0.15) is 11.3 Å². The summed E-state index contributed by atoms with van der Waals surface area (Å²) in [5.74, 6) is 0. The van der Waals surface area contributed by atoms with Crippen molar-refractivity contribution in [3.8, 4) is 5.69 Å². The highest BCUT2D eigenvalue weighted by molar-refractivity contribution is 5.83. The predicted octanol–water partition coefficient (Wildman–Crippen LogP) is 4.25. The van der Waals surface area contributed by atoms with Gasteiger partial charge in [0.15, 0.2) is 0 Å². The molecule has 0 saturated carbocycles. The monoisotopic (exact) mass is 221 g/mol. The second kappa shape index (κ2) is 3.77. The van der Waals surface area contributed by atoms with Gasteiger partial charge in [-0.1, -0.05) is 29.8 Å². The number of aryl methyl sites for hydroxylation is 2. The topological polar surface area (TPSA) is 4.93 Å². The Balaban J connectivity index is 2.33. The Morgan fingerprint density at radius 2 is 1.59 bits per heavy atom. The van der Waals surface area contributed by atoms with Crippen LogP contribution >= 0.6 is 0 Å². The molecule has 0 unspecified atom stereocenters. The molecule has 1 heteroatoms. The SMILES string of the molecule is Cc1ccc2c(c1)cc(C)n2-c1ccccc1. The van der Waals surface area contributed by atoms with Gasteiger partial charge in [0.05, 0.1) is 5.52 Å². The zero-order valence-electron chi connectivity index (χ0n) is 10.1. The molecule has 0 amide bonds. The van der Waals surface area contributed by atoms with Crippen LogP contribution in [0.3, 0.4) is 0 Å². The minimum atomic E-state index is 1.23. The van der Waals surface area contributed by atoms with Gasteiger partial charge < -0.3 is 4.57 Å². The minimum Gasteiger partial charge on any atom is -0.314 e. The maximum Gasteiger partial charge on any atom is 0.0531 e. The van der Waals surface area contributed by atoms with Crippen LogP contribution < -0.4 is 0 Å². The van der Waals surface area contributed by atoms with Crippen molar-refractivity contribution >= 4 is 10.9 Å². The summed E-state index contributed by atoms with van der Waals surface area (Å²) in [6.07, 6.45) is 0. The molecule has 2 aromatic carbocycles. The van der Waals surface area contributed by atoms with E-state index in [1.54, 1.807) is 0 Å². The molecule has 0 aliphatic rings. The van der Waals surface area contributed by atoms with Crippen LogP contribution in [-0.2, 0) is 0 Å². The van der Waals surface area contributed by atoms with Crippen molar-refractivity contribution in [2.45, 2.75) is 13.8 Å². The van der Waals surface area contributed by atoms with Gasteiger partial charge in [-0.15, -0.1) is 0 Å². The first-order valence-corrected chi connectivity index (χ1v) is 5.90. The average Bonchev–Trinajstić information content (AvgIpc) is 2.65. The Labute approximate surface area is 101 Å². The van der Waals surface area contributed by atoms with E-state index in [0.29, 0.717) is 0 Å². The van der Waals surface area contributed by atoms with Crippen LogP contribution in [0.4, 0.5) is 0 Å². The Bertz CT molecular complexity index is 663. The number of rotatable bonds is 1. The molecule has 0 bridgehead atoms. The Hall–Kier alpha value is -2.02. The van der Waals surface area contributed by atoms with Crippen molar-refractivity contribution in [3.05, 3.63) is 65.9 Å². The van der Waals surface area contributed by atoms with Gasteiger partial charge in [-0.25, -0.2) is 0 Å². The fourth-order valence-corrected chi connectivity index (χ4v) is 2.39. The fourth-order valence-electron chi connectivity index (χ4n) is 2.39. The smallest absolute Gasteiger partial charge is 0.0531 e. The first-order chi connectivity index (χ1) is 8.25. The van der Waals surface area contributed by atoms with Gasteiger partial charge in [0, 0.05) is 16.8 Å². The molecule has 1 aromatic heterocycles. The van der Waals surface area contributed by atoms with Crippen molar-refractivity contribution in [2.24, 2.45) is 0 Å². The summed E-state index contributed by atoms with van der Waals surface area (Å²) in [6.45, 7) is 4.29. The van der Waals surface area contributed by atoms with Crippen LogP contribution in [0.5, 0.6) is 0 Å². The minimum absolute atomic E-state index is 1.23. The molecule has 3 rings (SSSR count). The molecule has 1 heterocycles. The fraction of sp³-hybridized carbons (Fsp3) is 0.125. The van der Waals surface area contributed by atoms with E-state index in [1.165, 1.54) is 27.8 Å². The number of nitrogens with zero attached hydrogens (tertiary/aromatic N) is 1. The number of hydrogen-bond acceptors (Lipinski definition) is 0. The van der Waals surface area contributed by atoms with Gasteiger partial charge in [0.2, 0.25) is 0 Å². The van der Waals surface area contributed by atoms with Crippen LogP contribution in [0.2, 0.25) is 0 Å². The molecule has 84 valence electrons. The molecule has 17 heavy (non-hydrogen) atoms. The summed E-state index contributed by atoms with van der Waals surface area (Å²) in [5, 5.41) is 1.31. The summed E-state index contributed by atoms with van der Waals surface area (Å²) in [4.78, 5) is 0. The van der Waals surface area contributed by atoms with Crippen molar-refractivity contribution in [2.75, 3.05) is 0 Å². The van der Waals surface area contributed by atoms with Crippen molar-refractivity contribution in [1.29, 1.82) is 0 Å². The number of benzene rings is 2. The number of para-hydroxylation sites is 1. The Morgan fingerprint density at radius 1 is 0.824 bits per heavy atom. The molecule has 3 aromatic rings. The standard InChI is InChI=1S/C16H15N/c1-12-8-9-16-14(10-12)11-13(2)17(16)15-6-4-3-5-7-15/h3-11H,1-2H3. The lowest BCUT2D eigenvalue weighted by atomic mass is 10.2. The van der Waals surface area contributed by atoms with Crippen LogP contribution in [0, 0.1) is 13.8 Å². The van der Waals surface area contributed by atoms with E-state index < -0.39 is 0 Å². The second-order valence-corrected chi connectivity index (χ2v) is 4.52. The molecule has 0 N–H and O–H groups in total. The number of aromatic nitrogens is 1. The van der Waals surface area contributed by atoms with Gasteiger partial charge in [-0.3, -0.25) is 0 Å². The van der Waals surface area contributed by atoms with Gasteiger partial charge >= 0.3 is 0 Å². The van der Waals surface area contributed by atoms with E-state index in [9.17, 15) is 0 Å². The van der Waals surface area contributed by atoms with E-state index >= 15 is 0 Å². The lowest BCUT2D eigenvalue weighted by Crippen LogP contribution is -1.95. The molecule has 1 nitrogen and oxygen atoms in total. The van der Waals surface area contributed by atoms with Crippen LogP contribution in [0.15, 0.2) is 54.6 Å². The summed E-state index contributed by atoms with van der Waals surface area (Å²) in [5.41, 5.74) is 5.09. The molecular weight excluding hydrogens is 206 g/mol. The molecular formula is C16H15N. The first kappa shape index (κ1) is 10.2. The van der Waals surface area contributed by atoms with Crippen molar-refractivity contribution in [1.82, 2.24) is 4.57 Å². The van der Waals surface area contributed by atoms with Gasteiger partial charge in [-0.05, 0) is 44.2 Å². The van der Waals surface area contributed by atoms with Gasteiger partial charge in [-0.2, -0.15) is 0 Å². The Kier molecular flexibility index (Phi) is 2.25. The molecule has 0 fully saturated rings. The normalized spacial score (nSPS) is 10.9. The zero-order chi connectivity index (χ0) is 11.8. The average molecular weight is 221 g/mol. The third kappa shape index (κ3) is 1.64. The van der Waals surface area contributed by atoms with Crippen LogP contribution in [0.25, 0.3) is 16.6 Å². The van der Waals surface area contributed by atoms with E-state index in [2.05, 4.69) is 73.0 Å². The van der Waals surface area contributed by atoms with Crippen molar-refractivity contribution in [3.63, 3.8) is 0 Å². The zero-order valence-corrected chi connectivity index (χ0v) is 10.1. The molecule has 0 radical (unpaired) electrons. The lowest BCUT2D eigenvalue weighted by Gasteiger charge is -2.08. The maximum absolute atomic E-state index is 2.30. The van der Waals surface area contributed by atoms with E-state index in [0.717, 1.165) is 0 Å². The van der Waals surface area contributed by atoms with E-state index in [1.807, 2.05) is 0 Å². The van der Waals surface area contributed by atoms with Crippen LogP contribution in [-0.4, -0.2) is 4.57 Å². The first-order valence-electron chi connectivity index (χ1n) is 5.90. The quantitative estimate of drug-likeness (QED) is 0.579. The third-order valence-electron chi connectivity index (χ3n) is 3.16. The molecule has 0 atom stereocenters. The summed E-state index contributed by atoms with van der Waals surface area (Å²) in [7, 11) is 0. The predicted molar refractivity (Wildman–Crippen MR) is 72.7 cm³/mol. The third-order valence-corrected chi connectivity index (χ3v) is 3.16. The summed E-state index contributed by atoms with van der Waals surface area (Å²) < 4.78 is 2.30. The Morgan fingerprint density at radius 3 is 2.35 bits per heavy atom. The molecule has 0 aliphatic heterocycles. The largest absolute Gasteiger partial charge is 0.314 e. The molecule has 0 aliphatic carbocycles. The van der Waals surface area contributed by atoms with Gasteiger partial charge in [0.1, 0.15) is 0 Å². The summed E-state index contributed by atoms with van der Waals surface area (Å²) in [6, 6.07) is 19.3. The lowest BCUT2D eigenvalue weighted by molar-refractivity contribution is 1.05. The number of hydrogen-bond donors (Lipinski definition) is 0. The summed E-state index contributed by atoms with van der Waals surface area (Å²) >= 11 is 0. The van der Waals surface area contributed by atoms with Crippen molar-refractivity contribution < 1.29 is 0 Å². The molecule has 0 saturated heterocycles. The highest BCUT2D eigenvalue weighted by Crippen LogP contribution is 2.24. The molecule has 0 spiro atoms. The second-order valence-electron chi connectivity index (χ2n) is 4.52. The van der Waals surface area contributed by atoms with Gasteiger partial charge in [0.25, 0.3) is 0 Å². The maximum atomic E-state index is 2.30. The number of fused-ring (bicyclic) bond motifs is 1. The van der Waals surface area contributed by atoms with E-state index in [4.69, 9.17) is 0 Å². The van der Waals surface area contributed by atoms with E-state index in [-0.39, 0.29) is 0 Å². The highest BCUT2D eigenvalue weighted by Gasteiger charge is 2.06. The highest BCUT2D eigenvalue weighted by atomic mass is 15.0.